The number of rotatable bonds is 5. The third kappa shape index (κ3) is 3.83. The highest BCUT2D eigenvalue weighted by Crippen LogP contribution is 2.37. The molecule has 0 radical (unpaired) electrons. The zero-order valence-electron chi connectivity index (χ0n) is 14.8. The van der Waals surface area contributed by atoms with E-state index < -0.39 is 5.91 Å². The number of amides is 1. The number of halogens is 1. The second kappa shape index (κ2) is 7.97. The molecule has 0 spiro atoms. The lowest BCUT2D eigenvalue weighted by atomic mass is 10.1. The minimum absolute atomic E-state index is 0.00960. The van der Waals surface area contributed by atoms with Crippen LogP contribution in [0.15, 0.2) is 23.3 Å². The zero-order valence-corrected chi connectivity index (χ0v) is 15.5. The summed E-state index contributed by atoms with van der Waals surface area (Å²) in [7, 11) is 2.72. The second-order valence-corrected chi connectivity index (χ2v) is 5.87. The van der Waals surface area contributed by atoms with Gasteiger partial charge in [-0.2, -0.15) is 5.10 Å². The lowest BCUT2D eigenvalue weighted by Crippen LogP contribution is -2.18. The van der Waals surface area contributed by atoms with Gasteiger partial charge in [-0.05, 0) is 43.2 Å². The van der Waals surface area contributed by atoms with Crippen LogP contribution in [-0.4, -0.2) is 36.6 Å². The highest BCUT2D eigenvalue weighted by atomic mass is 35.5. The number of hydrogen-bond donors (Lipinski definition) is 3. The van der Waals surface area contributed by atoms with Crippen molar-refractivity contribution in [2.75, 3.05) is 14.2 Å². The fourth-order valence-corrected chi connectivity index (χ4v) is 2.52. The van der Waals surface area contributed by atoms with Gasteiger partial charge in [-0.1, -0.05) is 11.6 Å². The molecular formula is C18H19ClN2O5. The quantitative estimate of drug-likeness (QED) is 0.548. The summed E-state index contributed by atoms with van der Waals surface area (Å²) in [5.74, 6) is -0.553. The molecule has 138 valence electrons. The van der Waals surface area contributed by atoms with Crippen molar-refractivity contribution in [2.24, 2.45) is 5.10 Å². The molecule has 0 bridgehead atoms. The number of phenols is 2. The first kappa shape index (κ1) is 19.4. The maximum Gasteiger partial charge on any atom is 0.271 e. The molecule has 7 nitrogen and oxygen atoms in total. The van der Waals surface area contributed by atoms with Crippen LogP contribution >= 0.6 is 11.6 Å². The molecule has 8 heteroatoms. The number of benzene rings is 2. The van der Waals surface area contributed by atoms with Gasteiger partial charge in [0.25, 0.3) is 5.91 Å². The first-order valence-corrected chi connectivity index (χ1v) is 7.95. The summed E-state index contributed by atoms with van der Waals surface area (Å²) in [4.78, 5) is 12.3. The van der Waals surface area contributed by atoms with Gasteiger partial charge in [-0.25, -0.2) is 5.43 Å². The molecule has 26 heavy (non-hydrogen) atoms. The Balaban J connectivity index is 2.25. The van der Waals surface area contributed by atoms with E-state index in [-0.39, 0.29) is 28.6 Å². The summed E-state index contributed by atoms with van der Waals surface area (Å²) in [5.41, 5.74) is 4.31. The van der Waals surface area contributed by atoms with E-state index in [0.717, 1.165) is 5.56 Å². The Morgan fingerprint density at radius 2 is 1.73 bits per heavy atom. The van der Waals surface area contributed by atoms with Crippen LogP contribution in [0.25, 0.3) is 0 Å². The van der Waals surface area contributed by atoms with Crippen molar-refractivity contribution in [3.8, 4) is 23.0 Å². The van der Waals surface area contributed by atoms with Crippen LogP contribution in [0, 0.1) is 13.8 Å². The van der Waals surface area contributed by atoms with Crippen molar-refractivity contribution in [3.63, 3.8) is 0 Å². The highest BCUT2D eigenvalue weighted by Gasteiger charge is 2.15. The molecule has 0 aliphatic heterocycles. The Hall–Kier alpha value is -2.93. The van der Waals surface area contributed by atoms with Crippen LogP contribution in [0.3, 0.4) is 0 Å². The molecule has 2 aromatic rings. The van der Waals surface area contributed by atoms with Gasteiger partial charge in [0.15, 0.2) is 11.5 Å². The van der Waals surface area contributed by atoms with Gasteiger partial charge < -0.3 is 19.7 Å². The van der Waals surface area contributed by atoms with Crippen molar-refractivity contribution >= 4 is 23.7 Å². The van der Waals surface area contributed by atoms with Crippen LogP contribution < -0.4 is 14.9 Å². The molecule has 3 N–H and O–H groups in total. The number of nitrogens with zero attached hydrogens (tertiary/aromatic N) is 1. The number of carbonyl (C=O) groups excluding carboxylic acids is 1. The molecule has 0 saturated carbocycles. The molecule has 0 saturated heterocycles. The van der Waals surface area contributed by atoms with Gasteiger partial charge in [0.2, 0.25) is 5.75 Å². The first-order valence-electron chi connectivity index (χ1n) is 7.57. The van der Waals surface area contributed by atoms with E-state index >= 15 is 0 Å². The summed E-state index contributed by atoms with van der Waals surface area (Å²) in [6.45, 7) is 3.53. The molecule has 0 unspecified atom stereocenters. The van der Waals surface area contributed by atoms with Gasteiger partial charge >= 0.3 is 0 Å². The van der Waals surface area contributed by atoms with E-state index in [9.17, 15) is 15.0 Å². The molecule has 0 aliphatic rings. The number of carbonyl (C=O) groups is 1. The largest absolute Gasteiger partial charge is 0.507 e. The van der Waals surface area contributed by atoms with Crippen LogP contribution in [-0.2, 0) is 0 Å². The Kier molecular flexibility index (Phi) is 5.94. The van der Waals surface area contributed by atoms with E-state index in [1.807, 2.05) is 0 Å². The van der Waals surface area contributed by atoms with Crippen LogP contribution in [0.2, 0.25) is 5.02 Å². The SMILES string of the molecule is COc1cc(C(=O)NN=Cc2c(O)cc(C)c(Cl)c2C)cc(OC)c1O. The number of methoxy groups -OCH3 is 2. The van der Waals surface area contributed by atoms with E-state index in [1.165, 1.54) is 38.6 Å². The number of aromatic hydroxyl groups is 2. The number of phenolic OH excluding ortho intramolecular Hbond substituents is 2. The molecule has 0 aliphatic carbocycles. The lowest BCUT2D eigenvalue weighted by Gasteiger charge is -2.10. The first-order chi connectivity index (χ1) is 12.3. The highest BCUT2D eigenvalue weighted by molar-refractivity contribution is 6.32. The summed E-state index contributed by atoms with van der Waals surface area (Å²) < 4.78 is 10.0. The topological polar surface area (TPSA) is 100 Å². The number of hydrazone groups is 1. The van der Waals surface area contributed by atoms with Crippen LogP contribution in [0.5, 0.6) is 23.0 Å². The number of ether oxygens (including phenoxy) is 2. The number of nitrogens with one attached hydrogen (secondary N) is 1. The van der Waals surface area contributed by atoms with E-state index in [2.05, 4.69) is 10.5 Å². The van der Waals surface area contributed by atoms with Gasteiger partial charge in [-0.15, -0.1) is 0 Å². The van der Waals surface area contributed by atoms with Crippen molar-refractivity contribution in [1.82, 2.24) is 5.43 Å². The lowest BCUT2D eigenvalue weighted by molar-refractivity contribution is 0.0954. The number of aryl methyl sites for hydroxylation is 1. The van der Waals surface area contributed by atoms with E-state index in [0.29, 0.717) is 16.1 Å². The molecule has 2 aromatic carbocycles. The third-order valence-corrected chi connectivity index (χ3v) is 4.39. The van der Waals surface area contributed by atoms with Crippen molar-refractivity contribution in [2.45, 2.75) is 13.8 Å². The Morgan fingerprint density at radius 3 is 2.27 bits per heavy atom. The molecule has 0 heterocycles. The molecule has 2 rings (SSSR count). The molecular weight excluding hydrogens is 360 g/mol. The van der Waals surface area contributed by atoms with Crippen molar-refractivity contribution in [1.29, 1.82) is 0 Å². The summed E-state index contributed by atoms with van der Waals surface area (Å²) >= 11 is 6.16. The minimum atomic E-state index is -0.548. The minimum Gasteiger partial charge on any atom is -0.507 e. The molecule has 0 aromatic heterocycles. The Bertz CT molecular complexity index is 855. The predicted molar refractivity (Wildman–Crippen MR) is 98.9 cm³/mol. The van der Waals surface area contributed by atoms with Gasteiger partial charge in [0.05, 0.1) is 20.4 Å². The predicted octanol–water partition coefficient (Wildman–Crippen LogP) is 3.15. The summed E-state index contributed by atoms with van der Waals surface area (Å²) in [6.07, 6.45) is 1.31. The number of hydrogen-bond acceptors (Lipinski definition) is 6. The van der Waals surface area contributed by atoms with Crippen LogP contribution in [0.1, 0.15) is 27.0 Å². The van der Waals surface area contributed by atoms with E-state index in [1.54, 1.807) is 13.8 Å². The average molecular weight is 379 g/mol. The zero-order chi connectivity index (χ0) is 19.4. The monoisotopic (exact) mass is 378 g/mol. The fraction of sp³-hybridized carbons (Fsp3) is 0.222. The van der Waals surface area contributed by atoms with Gasteiger partial charge in [0.1, 0.15) is 5.75 Å². The van der Waals surface area contributed by atoms with Crippen molar-refractivity contribution < 1.29 is 24.5 Å². The van der Waals surface area contributed by atoms with E-state index in [4.69, 9.17) is 21.1 Å². The smallest absolute Gasteiger partial charge is 0.271 e. The van der Waals surface area contributed by atoms with Crippen LogP contribution in [0.4, 0.5) is 0 Å². The van der Waals surface area contributed by atoms with Gasteiger partial charge in [0, 0.05) is 16.1 Å². The fourth-order valence-electron chi connectivity index (χ4n) is 2.36. The Morgan fingerprint density at radius 1 is 1.15 bits per heavy atom. The summed E-state index contributed by atoms with van der Waals surface area (Å²) in [5, 5.41) is 24.3. The average Bonchev–Trinajstić information content (AvgIpc) is 2.62. The molecule has 0 atom stereocenters. The standard InChI is InChI=1S/C18H19ClN2O5/c1-9-5-13(22)12(10(2)16(9)19)8-20-21-18(24)11-6-14(25-3)17(23)15(7-11)26-4/h5-8,22-23H,1-4H3,(H,21,24). The maximum atomic E-state index is 12.3. The molecule has 0 fully saturated rings. The molecule has 1 amide bonds. The second-order valence-electron chi connectivity index (χ2n) is 5.49. The third-order valence-electron chi connectivity index (χ3n) is 3.81. The normalized spacial score (nSPS) is 10.8. The van der Waals surface area contributed by atoms with Crippen molar-refractivity contribution in [3.05, 3.63) is 45.5 Å². The Labute approximate surface area is 155 Å². The maximum absolute atomic E-state index is 12.3. The van der Waals surface area contributed by atoms with Gasteiger partial charge in [-0.3, -0.25) is 4.79 Å². The summed E-state index contributed by atoms with van der Waals surface area (Å²) in [6, 6.07) is 4.23.